The molecule has 2 heterocycles. The van der Waals surface area contributed by atoms with E-state index in [1.807, 2.05) is 25.3 Å². The summed E-state index contributed by atoms with van der Waals surface area (Å²) in [5.74, 6) is 0.493. The molecule has 0 bridgehead atoms. The normalized spacial score (nSPS) is 10.8. The molecule has 0 unspecified atom stereocenters. The number of amides is 1. The van der Waals surface area contributed by atoms with Crippen LogP contribution in [-0.2, 0) is 11.2 Å². The molecule has 1 N–H and O–H groups in total. The van der Waals surface area contributed by atoms with E-state index in [1.54, 1.807) is 13.2 Å². The standard InChI is InChI=1S/C18H18N2O4S/c1-10-6-17(22)24-15-8-14(23-3)12(7-13(10)15)4-5-16(21)20-18-19-11(2)9-25-18/h6-9H,4-5H2,1-3H3,(H,19,20,21). The Hall–Kier alpha value is -2.67. The number of hydrogen-bond acceptors (Lipinski definition) is 6. The minimum atomic E-state index is -0.391. The van der Waals surface area contributed by atoms with E-state index < -0.39 is 5.63 Å². The van der Waals surface area contributed by atoms with E-state index in [-0.39, 0.29) is 5.91 Å². The summed E-state index contributed by atoms with van der Waals surface area (Å²) in [6.45, 7) is 3.74. The van der Waals surface area contributed by atoms with E-state index in [0.29, 0.717) is 29.3 Å². The summed E-state index contributed by atoms with van der Waals surface area (Å²) in [6.07, 6.45) is 0.810. The van der Waals surface area contributed by atoms with Gasteiger partial charge in [-0.25, -0.2) is 9.78 Å². The lowest BCUT2D eigenvalue weighted by atomic mass is 10.0. The minimum Gasteiger partial charge on any atom is -0.496 e. The number of rotatable bonds is 5. The lowest BCUT2D eigenvalue weighted by Gasteiger charge is -2.11. The molecule has 25 heavy (non-hydrogen) atoms. The van der Waals surface area contributed by atoms with Crippen LogP contribution in [0.4, 0.5) is 5.13 Å². The number of benzene rings is 1. The SMILES string of the molecule is COc1cc2oc(=O)cc(C)c2cc1CCC(=O)Nc1nc(C)cs1. The van der Waals surface area contributed by atoms with Gasteiger partial charge in [-0.05, 0) is 37.5 Å². The quantitative estimate of drug-likeness (QED) is 0.707. The first-order chi connectivity index (χ1) is 12.0. The molecule has 0 aliphatic rings. The lowest BCUT2D eigenvalue weighted by molar-refractivity contribution is -0.116. The number of aryl methyl sites for hydroxylation is 3. The summed E-state index contributed by atoms with van der Waals surface area (Å²) < 4.78 is 10.6. The number of aromatic nitrogens is 1. The molecule has 6 nitrogen and oxygen atoms in total. The summed E-state index contributed by atoms with van der Waals surface area (Å²) in [7, 11) is 1.55. The lowest BCUT2D eigenvalue weighted by Crippen LogP contribution is -2.12. The highest BCUT2D eigenvalue weighted by molar-refractivity contribution is 7.13. The Morgan fingerprint density at radius 3 is 2.80 bits per heavy atom. The van der Waals surface area contributed by atoms with Gasteiger partial charge in [0.2, 0.25) is 5.91 Å². The zero-order valence-corrected chi connectivity index (χ0v) is 15.0. The van der Waals surface area contributed by atoms with Crippen molar-refractivity contribution >= 4 is 33.3 Å². The molecule has 130 valence electrons. The molecule has 3 rings (SSSR count). The number of anilines is 1. The number of fused-ring (bicyclic) bond motifs is 1. The molecule has 0 aliphatic heterocycles. The third-order valence-electron chi connectivity index (χ3n) is 3.84. The first-order valence-corrected chi connectivity index (χ1v) is 8.67. The number of nitrogens with one attached hydrogen (secondary N) is 1. The number of hydrogen-bond donors (Lipinski definition) is 1. The first kappa shape index (κ1) is 17.2. The molecule has 0 fully saturated rings. The van der Waals surface area contributed by atoms with Crippen molar-refractivity contribution in [3.05, 3.63) is 50.8 Å². The fraction of sp³-hybridized carbons (Fsp3) is 0.278. The summed E-state index contributed by atoms with van der Waals surface area (Å²) >= 11 is 1.40. The highest BCUT2D eigenvalue weighted by atomic mass is 32.1. The average Bonchev–Trinajstić information content (AvgIpc) is 2.97. The second-order valence-electron chi connectivity index (χ2n) is 5.75. The molecule has 0 aliphatic carbocycles. The van der Waals surface area contributed by atoms with Crippen LogP contribution in [0.25, 0.3) is 11.0 Å². The molecule has 0 saturated carbocycles. The van der Waals surface area contributed by atoms with Gasteiger partial charge in [-0.15, -0.1) is 11.3 Å². The van der Waals surface area contributed by atoms with Crippen molar-refractivity contribution in [3.8, 4) is 5.75 Å². The molecule has 1 amide bonds. The van der Waals surface area contributed by atoms with Crippen LogP contribution in [0.1, 0.15) is 23.2 Å². The molecular formula is C18H18N2O4S. The maximum absolute atomic E-state index is 12.1. The Morgan fingerprint density at radius 2 is 2.12 bits per heavy atom. The van der Waals surface area contributed by atoms with Crippen LogP contribution in [0, 0.1) is 13.8 Å². The van der Waals surface area contributed by atoms with Crippen LogP contribution in [-0.4, -0.2) is 18.0 Å². The first-order valence-electron chi connectivity index (χ1n) is 7.79. The zero-order valence-electron chi connectivity index (χ0n) is 14.2. The van der Waals surface area contributed by atoms with Gasteiger partial charge in [-0.1, -0.05) is 0 Å². The fourth-order valence-corrected chi connectivity index (χ4v) is 3.32. The number of methoxy groups -OCH3 is 1. The van der Waals surface area contributed by atoms with E-state index >= 15 is 0 Å². The van der Waals surface area contributed by atoms with Crippen molar-refractivity contribution in [2.24, 2.45) is 0 Å². The Labute approximate surface area is 148 Å². The van der Waals surface area contributed by atoms with Crippen LogP contribution in [0.3, 0.4) is 0 Å². The monoisotopic (exact) mass is 358 g/mol. The number of ether oxygens (including phenoxy) is 1. The highest BCUT2D eigenvalue weighted by Crippen LogP contribution is 2.28. The predicted octanol–water partition coefficient (Wildman–Crippen LogP) is 3.45. The zero-order chi connectivity index (χ0) is 18.0. The summed E-state index contributed by atoms with van der Waals surface area (Å²) in [6, 6.07) is 5.06. The van der Waals surface area contributed by atoms with Gasteiger partial charge in [0.1, 0.15) is 11.3 Å². The van der Waals surface area contributed by atoms with E-state index in [4.69, 9.17) is 9.15 Å². The van der Waals surface area contributed by atoms with E-state index in [1.165, 1.54) is 17.4 Å². The smallest absolute Gasteiger partial charge is 0.336 e. The van der Waals surface area contributed by atoms with Gasteiger partial charge in [0, 0.05) is 29.3 Å². The number of carbonyl (C=O) groups excluding carboxylic acids is 1. The van der Waals surface area contributed by atoms with Crippen LogP contribution in [0.15, 0.2) is 32.8 Å². The summed E-state index contributed by atoms with van der Waals surface area (Å²) in [5.41, 5.74) is 2.69. The van der Waals surface area contributed by atoms with Crippen molar-refractivity contribution in [1.29, 1.82) is 0 Å². The fourth-order valence-electron chi connectivity index (χ4n) is 2.62. The van der Waals surface area contributed by atoms with Gasteiger partial charge in [-0.2, -0.15) is 0 Å². The van der Waals surface area contributed by atoms with Gasteiger partial charge in [0.25, 0.3) is 0 Å². The van der Waals surface area contributed by atoms with Gasteiger partial charge in [0.15, 0.2) is 5.13 Å². The van der Waals surface area contributed by atoms with Crippen molar-refractivity contribution in [3.63, 3.8) is 0 Å². The Balaban J connectivity index is 1.80. The second-order valence-corrected chi connectivity index (χ2v) is 6.61. The van der Waals surface area contributed by atoms with E-state index in [2.05, 4.69) is 10.3 Å². The third kappa shape index (κ3) is 3.88. The summed E-state index contributed by atoms with van der Waals surface area (Å²) in [5, 5.41) is 6.12. The summed E-state index contributed by atoms with van der Waals surface area (Å²) in [4.78, 5) is 27.9. The van der Waals surface area contributed by atoms with Crippen molar-refractivity contribution in [2.45, 2.75) is 26.7 Å². The van der Waals surface area contributed by atoms with Crippen LogP contribution < -0.4 is 15.7 Å². The molecule has 0 radical (unpaired) electrons. The van der Waals surface area contributed by atoms with Crippen molar-refractivity contribution in [1.82, 2.24) is 4.98 Å². The predicted molar refractivity (Wildman–Crippen MR) is 97.6 cm³/mol. The van der Waals surface area contributed by atoms with E-state index in [9.17, 15) is 9.59 Å². The van der Waals surface area contributed by atoms with Crippen LogP contribution in [0.2, 0.25) is 0 Å². The maximum atomic E-state index is 12.1. The van der Waals surface area contributed by atoms with Gasteiger partial charge >= 0.3 is 5.63 Å². The topological polar surface area (TPSA) is 81.4 Å². The maximum Gasteiger partial charge on any atom is 0.336 e. The molecule has 1 aromatic carbocycles. The van der Waals surface area contributed by atoms with Crippen LogP contribution in [0.5, 0.6) is 5.75 Å². The highest BCUT2D eigenvalue weighted by Gasteiger charge is 2.12. The van der Waals surface area contributed by atoms with Gasteiger partial charge < -0.3 is 14.5 Å². The second kappa shape index (κ2) is 7.06. The molecule has 7 heteroatoms. The third-order valence-corrected chi connectivity index (χ3v) is 4.71. The number of thiazole rings is 1. The van der Waals surface area contributed by atoms with Crippen LogP contribution >= 0.6 is 11.3 Å². The molecule has 0 saturated heterocycles. The Morgan fingerprint density at radius 1 is 1.32 bits per heavy atom. The van der Waals surface area contributed by atoms with Gasteiger partial charge in [-0.3, -0.25) is 4.79 Å². The number of carbonyl (C=O) groups is 1. The molecular weight excluding hydrogens is 340 g/mol. The largest absolute Gasteiger partial charge is 0.496 e. The Kier molecular flexibility index (Phi) is 4.85. The van der Waals surface area contributed by atoms with Crippen molar-refractivity contribution in [2.75, 3.05) is 12.4 Å². The minimum absolute atomic E-state index is 0.104. The molecule has 0 spiro atoms. The number of nitrogens with zero attached hydrogens (tertiary/aromatic N) is 1. The molecule has 3 aromatic rings. The van der Waals surface area contributed by atoms with Crippen molar-refractivity contribution < 1.29 is 13.9 Å². The molecule has 0 atom stereocenters. The molecule has 2 aromatic heterocycles. The van der Waals surface area contributed by atoms with E-state index in [0.717, 1.165) is 22.2 Å². The van der Waals surface area contributed by atoms with Gasteiger partial charge in [0.05, 0.1) is 12.8 Å². The average molecular weight is 358 g/mol. The Bertz CT molecular complexity index is 990.